The highest BCUT2D eigenvalue weighted by atomic mass is 16.8. The lowest BCUT2D eigenvalue weighted by Gasteiger charge is -2.50. The molecule has 0 aromatic heterocycles. The summed E-state index contributed by atoms with van der Waals surface area (Å²) in [5.74, 6) is -3.80. The summed E-state index contributed by atoms with van der Waals surface area (Å²) in [6.45, 7) is 13.0. The van der Waals surface area contributed by atoms with E-state index in [-0.39, 0.29) is 35.7 Å². The fraction of sp³-hybridized carbons (Fsp3) is 0.857. The summed E-state index contributed by atoms with van der Waals surface area (Å²) in [5.41, 5.74) is 5.68. The maximum atomic E-state index is 15.0. The molecule has 3 spiro atoms. The van der Waals surface area contributed by atoms with Gasteiger partial charge in [0.05, 0.1) is 31.5 Å². The Morgan fingerprint density at radius 2 is 1.74 bits per heavy atom. The molecule has 4 N–H and O–H groups in total. The van der Waals surface area contributed by atoms with Gasteiger partial charge in [-0.1, -0.05) is 39.0 Å². The molecule has 6 saturated heterocycles. The molecule has 298 valence electrons. The molecule has 7 bridgehead atoms. The van der Waals surface area contributed by atoms with E-state index in [0.29, 0.717) is 102 Å². The molecule has 0 aromatic carbocycles. The van der Waals surface area contributed by atoms with E-state index in [9.17, 15) is 15.0 Å². The number of ether oxygens (including phenoxy) is 6. The summed E-state index contributed by atoms with van der Waals surface area (Å²) < 4.78 is 39.8. The van der Waals surface area contributed by atoms with Crippen LogP contribution in [0.4, 0.5) is 0 Å². The molecule has 6 heterocycles. The molecule has 7 aliphatic rings. The summed E-state index contributed by atoms with van der Waals surface area (Å²) in [5, 5.41) is 23.5. The normalized spacial score (nSPS) is 47.3. The van der Waals surface area contributed by atoms with Crippen LogP contribution >= 0.6 is 0 Å². The number of carbonyl (C=O) groups is 2. The van der Waals surface area contributed by atoms with E-state index in [1.54, 1.807) is 0 Å². The number of fused-ring (bicyclic) bond motifs is 7. The lowest BCUT2D eigenvalue weighted by atomic mass is 9.57. The van der Waals surface area contributed by atoms with Crippen molar-refractivity contribution in [1.82, 2.24) is 0 Å². The molecule has 11 heteroatoms. The van der Waals surface area contributed by atoms with Gasteiger partial charge in [0.2, 0.25) is 5.79 Å². The fourth-order valence-corrected chi connectivity index (χ4v) is 11.2. The number of ketones is 1. The molecule has 6 aliphatic heterocycles. The van der Waals surface area contributed by atoms with Gasteiger partial charge >= 0.3 is 5.97 Å². The Labute approximate surface area is 315 Å². The second-order valence-electron chi connectivity index (χ2n) is 18.4. The van der Waals surface area contributed by atoms with Crippen LogP contribution in [0, 0.1) is 29.1 Å². The van der Waals surface area contributed by atoms with Gasteiger partial charge in [0.25, 0.3) is 0 Å². The third-order valence-corrected chi connectivity index (χ3v) is 14.6. The standard InChI is InChI=1S/C42H65NO10/c1-25-9-7-11-33(44)39(21-26(2)28(4)24-43)16-12-29(37(46)48-6)20-32(39)35-36-34(45)27(3)22-41(51-35,52-36)23-31-10-8-14-40(49-31)17-18-42(53-40)38(5,47)15-13-30(19-25)50-42/h20,26-28,30-32,34-36,45,47H,1,7-19,21-24,43H2,2-6H3/t26-,27+,28-,30-,31+,32+,34+,35-,36+,38+,39+,40+,41+,42+/m0/s1. The Hall–Kier alpha value is -1.70. The number of hydrogen-bond acceptors (Lipinski definition) is 11. The molecule has 0 saturated carbocycles. The number of esters is 1. The highest BCUT2D eigenvalue weighted by Crippen LogP contribution is 2.58. The number of Topliss-reactive ketones (excluding diaryl/α,β-unsaturated/α-hetero) is 1. The van der Waals surface area contributed by atoms with Crippen molar-refractivity contribution in [2.24, 2.45) is 34.8 Å². The number of rotatable bonds is 5. The zero-order chi connectivity index (χ0) is 38.0. The maximum Gasteiger partial charge on any atom is 0.333 e. The van der Waals surface area contributed by atoms with Gasteiger partial charge in [-0.15, -0.1) is 0 Å². The monoisotopic (exact) mass is 743 g/mol. The van der Waals surface area contributed by atoms with Crippen LogP contribution in [0.3, 0.4) is 0 Å². The molecule has 1 aliphatic carbocycles. The quantitative estimate of drug-likeness (QED) is 0.232. The molecule has 53 heavy (non-hydrogen) atoms. The van der Waals surface area contributed by atoms with E-state index in [1.165, 1.54) is 7.11 Å². The first kappa shape index (κ1) is 39.5. The number of aliphatic hydroxyl groups excluding tert-OH is 1. The van der Waals surface area contributed by atoms with Gasteiger partial charge in [-0.3, -0.25) is 4.79 Å². The summed E-state index contributed by atoms with van der Waals surface area (Å²) in [4.78, 5) is 28.2. The first-order chi connectivity index (χ1) is 25.1. The SMILES string of the molecule is C=C1CCCC(=O)[C@@]2(C[C@H](C)[C@@H](C)CN)CCC(C(=O)OC)=C[C@@H]2[C@@H]2O[C@]3(C[C@H]4CCC[C@@]5(CC[C@@]6(O[C@@H](CC[C@@]6(C)O)C1)O5)O4)C[C@@H](C)[C@@H](O)[C@H]2O3. The number of carbonyl (C=O) groups excluding carboxylic acids is 2. The van der Waals surface area contributed by atoms with E-state index in [4.69, 9.17) is 34.2 Å². The summed E-state index contributed by atoms with van der Waals surface area (Å²) in [6, 6.07) is 0. The number of hydrogen-bond donors (Lipinski definition) is 3. The van der Waals surface area contributed by atoms with Crippen molar-refractivity contribution in [2.45, 2.75) is 184 Å². The van der Waals surface area contributed by atoms with Crippen molar-refractivity contribution in [1.29, 1.82) is 0 Å². The third kappa shape index (κ3) is 7.13. The lowest BCUT2D eigenvalue weighted by molar-refractivity contribution is -0.403. The van der Waals surface area contributed by atoms with Crippen LogP contribution in [0.2, 0.25) is 0 Å². The van der Waals surface area contributed by atoms with Gasteiger partial charge in [0.1, 0.15) is 17.5 Å². The largest absolute Gasteiger partial charge is 0.466 e. The zero-order valence-corrected chi connectivity index (χ0v) is 32.7. The van der Waals surface area contributed by atoms with Gasteiger partial charge in [0.15, 0.2) is 11.6 Å². The van der Waals surface area contributed by atoms with Crippen LogP contribution in [-0.4, -0.2) is 89.1 Å². The molecule has 0 radical (unpaired) electrons. The minimum Gasteiger partial charge on any atom is -0.466 e. The zero-order valence-electron chi connectivity index (χ0n) is 32.7. The van der Waals surface area contributed by atoms with Crippen LogP contribution in [0.15, 0.2) is 23.8 Å². The van der Waals surface area contributed by atoms with Crippen LogP contribution in [0.1, 0.15) is 130 Å². The van der Waals surface area contributed by atoms with Gasteiger partial charge in [-0.25, -0.2) is 4.79 Å². The minimum absolute atomic E-state index is 0.117. The molecular formula is C42H65NO10. The van der Waals surface area contributed by atoms with Crippen molar-refractivity contribution < 1.29 is 48.2 Å². The second kappa shape index (κ2) is 14.7. The van der Waals surface area contributed by atoms with Crippen LogP contribution in [0.5, 0.6) is 0 Å². The van der Waals surface area contributed by atoms with Crippen molar-refractivity contribution in [2.75, 3.05) is 13.7 Å². The third-order valence-electron chi connectivity index (χ3n) is 14.6. The summed E-state index contributed by atoms with van der Waals surface area (Å²) in [7, 11) is 1.38. The Morgan fingerprint density at radius 3 is 2.49 bits per heavy atom. The molecule has 6 fully saturated rings. The van der Waals surface area contributed by atoms with Crippen molar-refractivity contribution in [3.05, 3.63) is 23.8 Å². The topological polar surface area (TPSA) is 156 Å². The molecular weight excluding hydrogens is 678 g/mol. The van der Waals surface area contributed by atoms with Crippen LogP contribution < -0.4 is 5.73 Å². The smallest absolute Gasteiger partial charge is 0.333 e. The molecule has 0 aromatic rings. The maximum absolute atomic E-state index is 15.0. The van der Waals surface area contributed by atoms with Gasteiger partial charge < -0.3 is 44.4 Å². The molecule has 11 nitrogen and oxygen atoms in total. The Bertz CT molecular complexity index is 1450. The number of methoxy groups -OCH3 is 1. The second-order valence-corrected chi connectivity index (χ2v) is 18.4. The van der Waals surface area contributed by atoms with E-state index in [0.717, 1.165) is 18.4 Å². The molecule has 14 atom stereocenters. The van der Waals surface area contributed by atoms with Crippen LogP contribution in [-0.2, 0) is 38.0 Å². The highest BCUT2D eigenvalue weighted by Gasteiger charge is 2.66. The van der Waals surface area contributed by atoms with Gasteiger partial charge in [0, 0.05) is 55.4 Å². The van der Waals surface area contributed by atoms with E-state index in [1.807, 2.05) is 19.9 Å². The summed E-state index contributed by atoms with van der Waals surface area (Å²) in [6.07, 6.45) is 8.61. The first-order valence-electron chi connectivity index (χ1n) is 20.6. The Kier molecular flexibility index (Phi) is 10.9. The molecule has 0 amide bonds. The Morgan fingerprint density at radius 1 is 0.962 bits per heavy atom. The highest BCUT2D eigenvalue weighted by molar-refractivity contribution is 5.91. The number of aliphatic hydroxyl groups is 2. The average molecular weight is 744 g/mol. The lowest BCUT2D eigenvalue weighted by Crippen LogP contribution is -2.60. The van der Waals surface area contributed by atoms with E-state index in [2.05, 4.69) is 20.4 Å². The first-order valence-corrected chi connectivity index (χ1v) is 20.6. The predicted molar refractivity (Wildman–Crippen MR) is 196 cm³/mol. The van der Waals surface area contributed by atoms with Crippen molar-refractivity contribution >= 4 is 11.8 Å². The average Bonchev–Trinajstić information content (AvgIpc) is 3.64. The fourth-order valence-electron chi connectivity index (χ4n) is 11.2. The predicted octanol–water partition coefficient (Wildman–Crippen LogP) is 5.78. The molecule has 7 rings (SSSR count). The van der Waals surface area contributed by atoms with Gasteiger partial charge in [-0.2, -0.15) is 0 Å². The molecule has 0 unspecified atom stereocenters. The van der Waals surface area contributed by atoms with Crippen LogP contribution in [0.25, 0.3) is 0 Å². The summed E-state index contributed by atoms with van der Waals surface area (Å²) >= 11 is 0. The van der Waals surface area contributed by atoms with Crippen molar-refractivity contribution in [3.8, 4) is 0 Å². The number of nitrogens with two attached hydrogens (primary N) is 1. The minimum atomic E-state index is -1.18. The van der Waals surface area contributed by atoms with Gasteiger partial charge in [-0.05, 0) is 95.4 Å². The van der Waals surface area contributed by atoms with E-state index < -0.39 is 58.6 Å². The Balaban J connectivity index is 1.30. The van der Waals surface area contributed by atoms with E-state index >= 15 is 4.79 Å². The van der Waals surface area contributed by atoms with Crippen molar-refractivity contribution in [3.63, 3.8) is 0 Å².